The molecule has 2 amide bonds. The Morgan fingerprint density at radius 3 is 2.47 bits per heavy atom. The second-order valence-electron chi connectivity index (χ2n) is 11.8. The number of carbonyl (C=O) groups excluding carboxylic acids is 2. The molecule has 0 spiro atoms. The van der Waals surface area contributed by atoms with Gasteiger partial charge in [-0.3, -0.25) is 19.1 Å². The number of rotatable bonds is 6. The van der Waals surface area contributed by atoms with Crippen LogP contribution in [0.2, 0.25) is 5.02 Å². The lowest BCUT2D eigenvalue weighted by atomic mass is 9.95. The summed E-state index contributed by atoms with van der Waals surface area (Å²) < 4.78 is 2.02. The van der Waals surface area contributed by atoms with Crippen molar-refractivity contribution in [2.75, 3.05) is 25.0 Å². The van der Waals surface area contributed by atoms with Crippen LogP contribution in [0.15, 0.2) is 47.5 Å². The van der Waals surface area contributed by atoms with Crippen molar-refractivity contribution in [3.63, 3.8) is 0 Å². The van der Waals surface area contributed by atoms with Crippen molar-refractivity contribution in [3.05, 3.63) is 91.8 Å². The molecule has 1 atom stereocenters. The smallest absolute Gasteiger partial charge is 0.336 e. The van der Waals surface area contributed by atoms with Crippen LogP contribution in [-0.2, 0) is 9.59 Å². The lowest BCUT2D eigenvalue weighted by Gasteiger charge is -2.32. The molecule has 1 fully saturated rings. The predicted molar refractivity (Wildman–Crippen MR) is 192 cm³/mol. The third-order valence-electron chi connectivity index (χ3n) is 8.79. The van der Waals surface area contributed by atoms with Crippen molar-refractivity contribution in [1.82, 2.24) is 19.7 Å². The molecule has 11 nitrogen and oxygen atoms in total. The summed E-state index contributed by atoms with van der Waals surface area (Å²) in [4.78, 5) is 46.7. The number of nitrogens with zero attached hydrogens (tertiary/aromatic N) is 5. The molecular weight excluding hydrogens is 685 g/mol. The number of aliphatic imine (C=N–C) groups is 1. The molecule has 4 aromatic rings. The number of thiophene rings is 1. The number of aromatic nitrogens is 3. The fourth-order valence-corrected chi connectivity index (χ4v) is 7.46. The van der Waals surface area contributed by atoms with Crippen LogP contribution in [0.5, 0.6) is 0 Å². The third-order valence-corrected chi connectivity index (χ3v) is 10.2. The van der Waals surface area contributed by atoms with E-state index in [-0.39, 0.29) is 54.2 Å². The molecule has 0 aliphatic carbocycles. The number of halogens is 2. The minimum Gasteiger partial charge on any atom is -0.478 e. The van der Waals surface area contributed by atoms with Crippen LogP contribution in [-0.4, -0.2) is 67.9 Å². The Kier molecular flexibility index (Phi) is 10.9. The zero-order chi connectivity index (χ0) is 34.1. The van der Waals surface area contributed by atoms with E-state index in [4.69, 9.17) is 22.3 Å². The van der Waals surface area contributed by atoms with E-state index in [0.29, 0.717) is 42.5 Å². The maximum absolute atomic E-state index is 13.8. The molecule has 14 heteroatoms. The van der Waals surface area contributed by atoms with Crippen LogP contribution < -0.4 is 11.1 Å². The zero-order valence-electron chi connectivity index (χ0n) is 27.1. The fourth-order valence-electron chi connectivity index (χ4n) is 6.12. The molecule has 2 aliphatic rings. The third kappa shape index (κ3) is 7.26. The summed E-state index contributed by atoms with van der Waals surface area (Å²) in [6.07, 6.45) is 1.07. The first-order valence-corrected chi connectivity index (χ1v) is 16.8. The molecule has 4 N–H and O–H groups in total. The molecule has 1 saturated heterocycles. The van der Waals surface area contributed by atoms with Crippen LogP contribution in [0.1, 0.15) is 74.4 Å². The largest absolute Gasteiger partial charge is 0.478 e. The van der Waals surface area contributed by atoms with E-state index < -0.39 is 12.0 Å². The average molecular weight is 721 g/mol. The first-order chi connectivity index (χ1) is 23.0. The number of aryl methyl sites for hydroxylation is 2. The first kappa shape index (κ1) is 35.8. The van der Waals surface area contributed by atoms with Gasteiger partial charge in [-0.25, -0.2) is 4.79 Å². The summed E-state index contributed by atoms with van der Waals surface area (Å²) in [5, 5.41) is 22.8. The number of nitrogens with one attached hydrogen (secondary N) is 1. The van der Waals surface area contributed by atoms with Gasteiger partial charge in [-0.2, -0.15) is 0 Å². The molecule has 2 aromatic heterocycles. The SMILES string of the molecule is Cc1sc2c(c1C)C(c1ccc(Cl)cc1)=N[C@@H](CC(=O)N1CCC(C(=O)Nc3ccc(C(=O)O)c(C#CCN)c3)CC1)c1nnc(C)n1-2.Cl. The van der Waals surface area contributed by atoms with Gasteiger partial charge in [0.15, 0.2) is 5.82 Å². The quantitative estimate of drug-likeness (QED) is 0.222. The van der Waals surface area contributed by atoms with Crippen LogP contribution in [0.3, 0.4) is 0 Å². The Hall–Kier alpha value is -4.54. The second kappa shape index (κ2) is 14.9. The summed E-state index contributed by atoms with van der Waals surface area (Å²) in [6.45, 7) is 6.99. The Labute approximate surface area is 299 Å². The standard InChI is InChI=1S/C35H34ClN7O4S.ClH/c1-19-20(2)48-34-30(19)31(22-6-8-25(36)9-7-22)39-28(32-41-40-21(3)43(32)34)18-29(44)42-15-12-23(13-16-42)33(45)38-26-10-11-27(35(46)47)24(17-26)5-4-14-37;/h6-11,17,23,28H,12-16,18,37H2,1-3H3,(H,38,45)(H,46,47);1H/t28-;/m0./s1. The predicted octanol–water partition coefficient (Wildman–Crippen LogP) is 5.50. The van der Waals surface area contributed by atoms with Crippen molar-refractivity contribution in [2.24, 2.45) is 16.6 Å². The van der Waals surface area contributed by atoms with Crippen LogP contribution >= 0.6 is 35.3 Å². The van der Waals surface area contributed by atoms with Crippen molar-refractivity contribution in [2.45, 2.75) is 46.1 Å². The molecule has 4 heterocycles. The van der Waals surface area contributed by atoms with Gasteiger partial charge in [-0.1, -0.05) is 35.6 Å². The minimum absolute atomic E-state index is 0. The summed E-state index contributed by atoms with van der Waals surface area (Å²) in [7, 11) is 0. The van der Waals surface area contributed by atoms with Gasteiger partial charge < -0.3 is 21.1 Å². The fraction of sp³-hybridized carbons (Fsp3) is 0.314. The number of likely N-dealkylation sites (tertiary alicyclic amines) is 1. The lowest BCUT2D eigenvalue weighted by molar-refractivity contribution is -0.134. The number of benzene rings is 2. The number of anilines is 1. The highest BCUT2D eigenvalue weighted by molar-refractivity contribution is 7.15. The molecule has 2 aliphatic heterocycles. The summed E-state index contributed by atoms with van der Waals surface area (Å²) in [6, 6.07) is 11.5. The van der Waals surface area contributed by atoms with Crippen LogP contribution in [0.4, 0.5) is 5.69 Å². The lowest BCUT2D eigenvalue weighted by Crippen LogP contribution is -2.41. The molecule has 49 heavy (non-hydrogen) atoms. The number of aromatic carboxylic acids is 1. The minimum atomic E-state index is -1.11. The van der Waals surface area contributed by atoms with Gasteiger partial charge in [-0.05, 0) is 69.5 Å². The number of amides is 2. The molecule has 0 saturated carbocycles. The monoisotopic (exact) mass is 719 g/mol. The highest BCUT2D eigenvalue weighted by Gasteiger charge is 2.34. The van der Waals surface area contributed by atoms with Crippen LogP contribution in [0.25, 0.3) is 5.00 Å². The van der Waals surface area contributed by atoms with Gasteiger partial charge in [0, 0.05) is 51.3 Å². The van der Waals surface area contributed by atoms with Gasteiger partial charge in [-0.15, -0.1) is 33.9 Å². The Morgan fingerprint density at radius 2 is 1.80 bits per heavy atom. The number of carboxylic acids is 1. The van der Waals surface area contributed by atoms with Gasteiger partial charge in [0.05, 0.1) is 24.2 Å². The number of fused-ring (bicyclic) bond motifs is 3. The molecule has 0 radical (unpaired) electrons. The molecular formula is C35H35Cl2N7O4S. The van der Waals surface area contributed by atoms with Gasteiger partial charge in [0.1, 0.15) is 16.9 Å². The molecule has 2 aromatic carbocycles. The van der Waals surface area contributed by atoms with E-state index in [1.165, 1.54) is 17.0 Å². The Bertz CT molecular complexity index is 2020. The number of carbonyl (C=O) groups is 3. The molecule has 0 unspecified atom stereocenters. The van der Waals surface area contributed by atoms with Crippen molar-refractivity contribution in [1.29, 1.82) is 0 Å². The van der Waals surface area contributed by atoms with Gasteiger partial charge in [0.25, 0.3) is 0 Å². The Balaban J connectivity index is 0.00000468. The van der Waals surface area contributed by atoms with Crippen LogP contribution in [0, 0.1) is 38.5 Å². The number of hydrogen-bond donors (Lipinski definition) is 3. The normalized spacial score (nSPS) is 15.5. The highest BCUT2D eigenvalue weighted by Crippen LogP contribution is 2.40. The molecule has 0 bridgehead atoms. The maximum atomic E-state index is 13.8. The van der Waals surface area contributed by atoms with Crippen molar-refractivity contribution in [3.8, 4) is 16.8 Å². The number of nitrogens with two attached hydrogens (primary N) is 1. The van der Waals surface area contributed by atoms with E-state index in [1.807, 2.05) is 35.8 Å². The van der Waals surface area contributed by atoms with E-state index >= 15 is 0 Å². The summed E-state index contributed by atoms with van der Waals surface area (Å²) >= 11 is 7.88. The summed E-state index contributed by atoms with van der Waals surface area (Å²) in [5.41, 5.74) is 10.0. The number of hydrogen-bond acceptors (Lipinski definition) is 8. The van der Waals surface area contributed by atoms with Gasteiger partial charge >= 0.3 is 5.97 Å². The maximum Gasteiger partial charge on any atom is 0.336 e. The zero-order valence-corrected chi connectivity index (χ0v) is 29.5. The van der Waals surface area contributed by atoms with Gasteiger partial charge in [0.2, 0.25) is 11.8 Å². The Morgan fingerprint density at radius 1 is 1.08 bits per heavy atom. The van der Waals surface area contributed by atoms with E-state index in [1.54, 1.807) is 22.3 Å². The van der Waals surface area contributed by atoms with E-state index in [2.05, 4.69) is 41.2 Å². The van der Waals surface area contributed by atoms with E-state index in [0.717, 1.165) is 33.2 Å². The molecule has 254 valence electrons. The van der Waals surface area contributed by atoms with Crippen molar-refractivity contribution < 1.29 is 19.5 Å². The number of piperidine rings is 1. The molecule has 6 rings (SSSR count). The van der Waals surface area contributed by atoms with E-state index in [9.17, 15) is 19.5 Å². The topological polar surface area (TPSA) is 156 Å². The first-order valence-electron chi connectivity index (χ1n) is 15.6. The average Bonchev–Trinajstić information content (AvgIpc) is 3.55. The second-order valence-corrected chi connectivity index (χ2v) is 13.5. The highest BCUT2D eigenvalue weighted by atomic mass is 35.5. The number of carboxylic acid groups (broad SMARTS) is 1. The van der Waals surface area contributed by atoms with Crippen molar-refractivity contribution >= 4 is 64.5 Å². The summed E-state index contributed by atoms with van der Waals surface area (Å²) in [5.74, 6) is 5.07.